The zero-order chi connectivity index (χ0) is 33.2. The van der Waals surface area contributed by atoms with E-state index in [4.69, 9.17) is 19.2 Å². The van der Waals surface area contributed by atoms with Crippen LogP contribution in [0.4, 0.5) is 37.0 Å². The Hall–Kier alpha value is -4.26. The van der Waals surface area contributed by atoms with Crippen LogP contribution in [-0.2, 0) is 28.4 Å². The number of carbonyl (C=O) groups excluding carboxylic acids is 1. The van der Waals surface area contributed by atoms with E-state index in [1.165, 1.54) is 0 Å². The summed E-state index contributed by atoms with van der Waals surface area (Å²) >= 11 is 0. The predicted molar refractivity (Wildman–Crippen MR) is 158 cm³/mol. The highest BCUT2D eigenvalue weighted by Gasteiger charge is 2.42. The van der Waals surface area contributed by atoms with Crippen molar-refractivity contribution >= 4 is 11.9 Å². The number of aromatic nitrogens is 1. The number of hydrogen-bond acceptors (Lipinski definition) is 6. The minimum Gasteiger partial charge on any atom is -0.494 e. The molecular weight excluding hydrogens is 616 g/mol. The molecule has 3 aromatic rings. The van der Waals surface area contributed by atoms with Crippen LogP contribution in [0.2, 0.25) is 0 Å². The highest BCUT2D eigenvalue weighted by atomic mass is 19.4. The zero-order valence-electron chi connectivity index (χ0n) is 25.3. The van der Waals surface area contributed by atoms with Crippen molar-refractivity contribution in [1.29, 1.82) is 0 Å². The summed E-state index contributed by atoms with van der Waals surface area (Å²) in [5.41, 5.74) is -1.50. The third-order valence-corrected chi connectivity index (χ3v) is 8.00. The lowest BCUT2D eigenvalue weighted by Crippen LogP contribution is -2.40. The SMILES string of the molecule is C=C1[C@@H](c2cc(C(F)(F)F)cc(C(F)(F)F)c2)OC(=O)N1Cc1cc(-c2cccc(OCC)c2)cnc1N(CC)C1CCOCC1. The third-order valence-electron chi connectivity index (χ3n) is 8.00. The Balaban J connectivity index is 1.53. The van der Waals surface area contributed by atoms with Crippen molar-refractivity contribution in [1.82, 2.24) is 9.88 Å². The molecule has 2 saturated heterocycles. The molecule has 0 bridgehead atoms. The lowest BCUT2D eigenvalue weighted by molar-refractivity contribution is -0.143. The van der Waals surface area contributed by atoms with Crippen LogP contribution in [0.25, 0.3) is 11.1 Å². The maximum atomic E-state index is 13.6. The van der Waals surface area contributed by atoms with Crippen molar-refractivity contribution in [3.8, 4) is 16.9 Å². The molecule has 1 amide bonds. The molecule has 2 aliphatic rings. The fraction of sp³-hybridized carbons (Fsp3) is 0.394. The van der Waals surface area contributed by atoms with E-state index in [1.54, 1.807) is 6.20 Å². The average molecular weight is 650 g/mol. The second-order valence-electron chi connectivity index (χ2n) is 11.0. The minimum absolute atomic E-state index is 0.0282. The summed E-state index contributed by atoms with van der Waals surface area (Å²) in [4.78, 5) is 21.2. The Morgan fingerprint density at radius 3 is 2.26 bits per heavy atom. The summed E-state index contributed by atoms with van der Waals surface area (Å²) in [6, 6.07) is 10.5. The van der Waals surface area contributed by atoms with Crippen molar-refractivity contribution in [2.75, 3.05) is 31.3 Å². The van der Waals surface area contributed by atoms with Crippen molar-refractivity contribution in [3.63, 3.8) is 0 Å². The van der Waals surface area contributed by atoms with Crippen LogP contribution in [0.3, 0.4) is 0 Å². The summed E-state index contributed by atoms with van der Waals surface area (Å²) in [6.45, 7) is 9.79. The maximum Gasteiger partial charge on any atom is 0.416 e. The van der Waals surface area contributed by atoms with Gasteiger partial charge in [0.15, 0.2) is 6.10 Å². The van der Waals surface area contributed by atoms with Crippen molar-refractivity contribution in [3.05, 3.63) is 89.3 Å². The van der Waals surface area contributed by atoms with E-state index < -0.39 is 41.2 Å². The number of pyridine rings is 1. The lowest BCUT2D eigenvalue weighted by Gasteiger charge is -2.36. The summed E-state index contributed by atoms with van der Waals surface area (Å²) in [6.07, 6.45) is -9.41. The third kappa shape index (κ3) is 7.09. The second kappa shape index (κ2) is 13.2. The number of alkyl halides is 6. The summed E-state index contributed by atoms with van der Waals surface area (Å²) < 4.78 is 98.0. The van der Waals surface area contributed by atoms with Gasteiger partial charge in [0.25, 0.3) is 0 Å². The first-order valence-corrected chi connectivity index (χ1v) is 14.8. The molecule has 2 aliphatic heterocycles. The van der Waals surface area contributed by atoms with Gasteiger partial charge in [0.05, 0.1) is 30.0 Å². The van der Waals surface area contributed by atoms with Crippen LogP contribution in [0.1, 0.15) is 55.0 Å². The topological polar surface area (TPSA) is 64.1 Å². The number of hydrogen-bond donors (Lipinski definition) is 0. The highest BCUT2D eigenvalue weighted by Crippen LogP contribution is 2.42. The van der Waals surface area contributed by atoms with Crippen LogP contribution in [0.15, 0.2) is 67.0 Å². The molecule has 46 heavy (non-hydrogen) atoms. The van der Waals surface area contributed by atoms with E-state index in [9.17, 15) is 31.1 Å². The monoisotopic (exact) mass is 649 g/mol. The van der Waals surface area contributed by atoms with Gasteiger partial charge in [-0.1, -0.05) is 18.7 Å². The molecule has 0 spiro atoms. The first kappa shape index (κ1) is 33.1. The van der Waals surface area contributed by atoms with Gasteiger partial charge in [0.2, 0.25) is 0 Å². The molecule has 0 radical (unpaired) electrons. The number of halogens is 6. The fourth-order valence-corrected chi connectivity index (χ4v) is 5.76. The Kier molecular flexibility index (Phi) is 9.52. The van der Waals surface area contributed by atoms with Gasteiger partial charge in [-0.25, -0.2) is 9.78 Å². The van der Waals surface area contributed by atoms with Gasteiger partial charge in [0, 0.05) is 43.1 Å². The van der Waals surface area contributed by atoms with Gasteiger partial charge in [-0.15, -0.1) is 0 Å². The van der Waals surface area contributed by atoms with E-state index >= 15 is 0 Å². The molecule has 3 heterocycles. The minimum atomic E-state index is -5.06. The second-order valence-corrected chi connectivity index (χ2v) is 11.0. The predicted octanol–water partition coefficient (Wildman–Crippen LogP) is 8.40. The molecule has 1 aromatic heterocycles. The molecular formula is C33H33F6N3O4. The van der Waals surface area contributed by atoms with Crippen LogP contribution in [0.5, 0.6) is 5.75 Å². The van der Waals surface area contributed by atoms with Gasteiger partial charge in [-0.05, 0) is 74.2 Å². The quantitative estimate of drug-likeness (QED) is 0.217. The summed E-state index contributed by atoms with van der Waals surface area (Å²) in [7, 11) is 0. The molecule has 0 saturated carbocycles. The van der Waals surface area contributed by atoms with Gasteiger partial charge >= 0.3 is 18.4 Å². The molecule has 0 N–H and O–H groups in total. The van der Waals surface area contributed by atoms with E-state index in [0.717, 1.165) is 23.3 Å². The normalized spacial score (nSPS) is 17.7. The van der Waals surface area contributed by atoms with Crippen LogP contribution >= 0.6 is 0 Å². The first-order chi connectivity index (χ1) is 21.8. The number of carbonyl (C=O) groups is 1. The van der Waals surface area contributed by atoms with Gasteiger partial charge < -0.3 is 19.1 Å². The van der Waals surface area contributed by atoms with Gasteiger partial charge in [0.1, 0.15) is 11.6 Å². The largest absolute Gasteiger partial charge is 0.494 e. The Labute approximate surface area is 262 Å². The Morgan fingerprint density at radius 2 is 1.65 bits per heavy atom. The summed E-state index contributed by atoms with van der Waals surface area (Å²) in [5, 5.41) is 0. The zero-order valence-corrected chi connectivity index (χ0v) is 25.3. The number of cyclic esters (lactones) is 1. The van der Waals surface area contributed by atoms with E-state index in [0.29, 0.717) is 61.2 Å². The van der Waals surface area contributed by atoms with E-state index in [2.05, 4.69) is 11.5 Å². The standard InChI is InChI=1S/C33H33F6N3O4/c1-4-41(27-9-11-44-12-10-27)30-24(13-23(18-40-30)21-7-6-8-28(16-21)45-5-2)19-42-20(3)29(46-31(42)43)22-14-25(32(34,35)36)17-26(15-22)33(37,38)39/h6-8,13-18,27,29H,3-5,9-12,19H2,1-2H3/t29-/m0/s1. The number of nitrogens with zero attached hydrogens (tertiary/aromatic N) is 3. The highest BCUT2D eigenvalue weighted by molar-refractivity contribution is 5.75. The Bertz CT molecular complexity index is 1550. The fourth-order valence-electron chi connectivity index (χ4n) is 5.76. The van der Waals surface area contributed by atoms with E-state index in [-0.39, 0.29) is 24.4 Å². The molecule has 7 nitrogen and oxygen atoms in total. The van der Waals surface area contributed by atoms with Crippen LogP contribution in [-0.4, -0.2) is 48.4 Å². The molecule has 5 rings (SSSR count). The molecule has 0 aliphatic carbocycles. The maximum absolute atomic E-state index is 13.6. The summed E-state index contributed by atoms with van der Waals surface area (Å²) in [5.74, 6) is 1.24. The van der Waals surface area contributed by atoms with Gasteiger partial charge in [-0.2, -0.15) is 26.3 Å². The molecule has 246 valence electrons. The van der Waals surface area contributed by atoms with Crippen molar-refractivity contribution in [2.45, 2.75) is 57.7 Å². The van der Waals surface area contributed by atoms with E-state index in [1.807, 2.05) is 44.2 Å². The lowest BCUT2D eigenvalue weighted by atomic mass is 9.99. The smallest absolute Gasteiger partial charge is 0.416 e. The van der Waals surface area contributed by atoms with Crippen molar-refractivity contribution in [2.24, 2.45) is 0 Å². The molecule has 13 heteroatoms. The number of rotatable bonds is 9. The van der Waals surface area contributed by atoms with Crippen molar-refractivity contribution < 1.29 is 45.3 Å². The van der Waals surface area contributed by atoms with Crippen LogP contribution in [0, 0.1) is 0 Å². The first-order valence-electron chi connectivity index (χ1n) is 14.8. The average Bonchev–Trinajstić information content (AvgIpc) is 3.30. The van der Waals surface area contributed by atoms with Gasteiger partial charge in [-0.3, -0.25) is 4.90 Å². The molecule has 2 fully saturated rings. The number of amides is 1. The van der Waals surface area contributed by atoms with Crippen LogP contribution < -0.4 is 9.64 Å². The number of anilines is 1. The molecule has 1 atom stereocenters. The Morgan fingerprint density at radius 1 is 0.978 bits per heavy atom. The molecule has 2 aromatic carbocycles. The molecule has 0 unspecified atom stereocenters. The number of ether oxygens (including phenoxy) is 3. The number of benzene rings is 2.